The van der Waals surface area contributed by atoms with Gasteiger partial charge in [0, 0.05) is 22.6 Å². The van der Waals surface area contributed by atoms with E-state index in [4.69, 9.17) is 0 Å². The Hall–Kier alpha value is -1.00. The van der Waals surface area contributed by atoms with Crippen molar-refractivity contribution in [2.45, 2.75) is 55.9 Å². The lowest BCUT2D eigenvalue weighted by Gasteiger charge is -2.22. The Labute approximate surface area is 144 Å². The van der Waals surface area contributed by atoms with Gasteiger partial charge in [-0.25, -0.2) is 0 Å². The van der Waals surface area contributed by atoms with E-state index >= 15 is 0 Å². The van der Waals surface area contributed by atoms with Gasteiger partial charge in [0.05, 0.1) is 0 Å². The number of piperidine rings is 1. The molecule has 2 N–H and O–H groups in total. The average Bonchev–Trinajstić information content (AvgIpc) is 2.62. The third kappa shape index (κ3) is 5.25. The van der Waals surface area contributed by atoms with Crippen LogP contribution in [-0.4, -0.2) is 24.2 Å². The van der Waals surface area contributed by atoms with Gasteiger partial charge in [0.15, 0.2) is 0 Å². The molecule has 1 amide bonds. The Balaban J connectivity index is 1.51. The number of hydrogen-bond acceptors (Lipinski definition) is 3. The summed E-state index contributed by atoms with van der Waals surface area (Å²) in [4.78, 5) is 12.3. The van der Waals surface area contributed by atoms with E-state index in [0.717, 1.165) is 42.6 Å². The molecule has 126 valence electrons. The normalized spacial score (nSPS) is 20.3. The summed E-state index contributed by atoms with van der Waals surface area (Å²) in [6.07, 6.45) is 8.84. The second-order valence-electron chi connectivity index (χ2n) is 6.78. The predicted molar refractivity (Wildman–Crippen MR) is 98.8 cm³/mol. The lowest BCUT2D eigenvalue weighted by Crippen LogP contribution is -2.34. The van der Waals surface area contributed by atoms with Crippen molar-refractivity contribution >= 4 is 23.4 Å². The molecule has 3 nitrogen and oxygen atoms in total. The summed E-state index contributed by atoms with van der Waals surface area (Å²) in [6, 6.07) is 8.40. The van der Waals surface area contributed by atoms with Crippen LogP contribution in [0.5, 0.6) is 0 Å². The highest BCUT2D eigenvalue weighted by Gasteiger charge is 2.21. The van der Waals surface area contributed by atoms with E-state index < -0.39 is 0 Å². The van der Waals surface area contributed by atoms with Crippen LogP contribution in [0.25, 0.3) is 0 Å². The lowest BCUT2D eigenvalue weighted by atomic mass is 9.97. The monoisotopic (exact) mass is 332 g/mol. The van der Waals surface area contributed by atoms with Crippen LogP contribution in [0.2, 0.25) is 0 Å². The Bertz CT molecular complexity index is 508. The second-order valence-corrected chi connectivity index (χ2v) is 8.07. The van der Waals surface area contributed by atoms with Crippen molar-refractivity contribution in [2.75, 3.05) is 18.4 Å². The fraction of sp³-hybridized carbons (Fsp3) is 0.632. The molecule has 0 aromatic heterocycles. The van der Waals surface area contributed by atoms with Gasteiger partial charge < -0.3 is 10.6 Å². The van der Waals surface area contributed by atoms with Crippen molar-refractivity contribution in [3.8, 4) is 0 Å². The molecular formula is C19H28N2OS. The Morgan fingerprint density at radius 1 is 1.13 bits per heavy atom. The maximum absolute atomic E-state index is 12.3. The SMILES string of the molecule is O=C(Nc1cccc(CSC2CCCCC2)c1)C1CCNCC1. The van der Waals surface area contributed by atoms with Gasteiger partial charge in [-0.15, -0.1) is 0 Å². The zero-order valence-electron chi connectivity index (χ0n) is 13.9. The molecule has 1 aromatic carbocycles. The van der Waals surface area contributed by atoms with Gasteiger partial charge in [-0.3, -0.25) is 4.79 Å². The highest BCUT2D eigenvalue weighted by Crippen LogP contribution is 2.31. The molecule has 3 rings (SSSR count). The van der Waals surface area contributed by atoms with E-state index in [1.54, 1.807) is 0 Å². The van der Waals surface area contributed by atoms with Gasteiger partial charge in [0.25, 0.3) is 0 Å². The van der Waals surface area contributed by atoms with Gasteiger partial charge in [0.2, 0.25) is 5.91 Å². The van der Waals surface area contributed by atoms with Gasteiger partial charge in [-0.1, -0.05) is 31.4 Å². The summed E-state index contributed by atoms with van der Waals surface area (Å²) in [7, 11) is 0. The highest BCUT2D eigenvalue weighted by molar-refractivity contribution is 7.99. The third-order valence-corrected chi connectivity index (χ3v) is 6.39. The van der Waals surface area contributed by atoms with Crippen LogP contribution in [0.15, 0.2) is 24.3 Å². The number of carbonyl (C=O) groups excluding carboxylic acids is 1. The first-order valence-electron chi connectivity index (χ1n) is 9.03. The molecule has 1 heterocycles. The number of carbonyl (C=O) groups is 1. The van der Waals surface area contributed by atoms with Gasteiger partial charge in [0.1, 0.15) is 0 Å². The predicted octanol–water partition coefficient (Wildman–Crippen LogP) is 4.19. The number of nitrogens with one attached hydrogen (secondary N) is 2. The first-order valence-corrected chi connectivity index (χ1v) is 10.1. The number of rotatable bonds is 5. The van der Waals surface area contributed by atoms with Gasteiger partial charge in [-0.05, 0) is 56.5 Å². The molecule has 0 bridgehead atoms. The summed E-state index contributed by atoms with van der Waals surface area (Å²) in [5, 5.41) is 7.25. The zero-order valence-corrected chi connectivity index (χ0v) is 14.7. The van der Waals surface area contributed by atoms with Crippen molar-refractivity contribution in [2.24, 2.45) is 5.92 Å². The van der Waals surface area contributed by atoms with Crippen molar-refractivity contribution in [1.82, 2.24) is 5.32 Å². The standard InChI is InChI=1S/C19H28N2OS/c22-19(16-9-11-20-12-10-16)21-17-6-4-5-15(13-17)14-23-18-7-2-1-3-8-18/h4-6,13,16,18,20H,1-3,7-12,14H2,(H,21,22). The fourth-order valence-electron chi connectivity index (χ4n) is 3.51. The Kier molecular flexibility index (Phi) is 6.40. The minimum absolute atomic E-state index is 0.163. The van der Waals surface area contributed by atoms with E-state index in [1.165, 1.54) is 37.7 Å². The first-order chi connectivity index (χ1) is 11.3. The van der Waals surface area contributed by atoms with E-state index in [2.05, 4.69) is 40.6 Å². The van der Waals surface area contributed by atoms with E-state index in [1.807, 2.05) is 6.07 Å². The van der Waals surface area contributed by atoms with E-state index in [9.17, 15) is 4.79 Å². The molecule has 2 aliphatic rings. The highest BCUT2D eigenvalue weighted by atomic mass is 32.2. The van der Waals surface area contributed by atoms with Crippen LogP contribution in [0, 0.1) is 5.92 Å². The molecule has 0 spiro atoms. The van der Waals surface area contributed by atoms with Crippen molar-refractivity contribution in [3.63, 3.8) is 0 Å². The summed E-state index contributed by atoms with van der Waals surface area (Å²) in [5.41, 5.74) is 2.28. The zero-order chi connectivity index (χ0) is 15.9. The van der Waals surface area contributed by atoms with Gasteiger partial charge in [-0.2, -0.15) is 11.8 Å². The minimum Gasteiger partial charge on any atom is -0.326 e. The number of benzene rings is 1. The molecule has 0 radical (unpaired) electrons. The Morgan fingerprint density at radius 2 is 1.91 bits per heavy atom. The van der Waals surface area contributed by atoms with Crippen LogP contribution in [-0.2, 0) is 10.5 Å². The molecule has 2 fully saturated rings. The maximum atomic E-state index is 12.3. The molecule has 1 saturated heterocycles. The lowest BCUT2D eigenvalue weighted by molar-refractivity contribution is -0.120. The Morgan fingerprint density at radius 3 is 2.70 bits per heavy atom. The fourth-order valence-corrected chi connectivity index (χ4v) is 4.79. The molecular weight excluding hydrogens is 304 g/mol. The van der Waals surface area contributed by atoms with Crippen molar-refractivity contribution in [3.05, 3.63) is 29.8 Å². The molecule has 1 aliphatic carbocycles. The third-order valence-electron chi connectivity index (χ3n) is 4.94. The second kappa shape index (κ2) is 8.74. The number of anilines is 1. The van der Waals surface area contributed by atoms with Crippen molar-refractivity contribution < 1.29 is 4.79 Å². The van der Waals surface area contributed by atoms with Gasteiger partial charge >= 0.3 is 0 Å². The molecule has 0 atom stereocenters. The molecule has 1 saturated carbocycles. The number of thioether (sulfide) groups is 1. The van der Waals surface area contributed by atoms with E-state index in [0.29, 0.717) is 0 Å². The van der Waals surface area contributed by atoms with Crippen LogP contribution >= 0.6 is 11.8 Å². The van der Waals surface area contributed by atoms with E-state index in [-0.39, 0.29) is 11.8 Å². The van der Waals surface area contributed by atoms with Crippen LogP contribution in [0.4, 0.5) is 5.69 Å². The smallest absolute Gasteiger partial charge is 0.227 e. The molecule has 0 unspecified atom stereocenters. The maximum Gasteiger partial charge on any atom is 0.227 e. The molecule has 4 heteroatoms. The quantitative estimate of drug-likeness (QED) is 0.849. The largest absolute Gasteiger partial charge is 0.326 e. The number of hydrogen-bond donors (Lipinski definition) is 2. The molecule has 1 aliphatic heterocycles. The van der Waals surface area contributed by atoms with Crippen LogP contribution in [0.1, 0.15) is 50.5 Å². The summed E-state index contributed by atoms with van der Waals surface area (Å²) in [6.45, 7) is 1.91. The molecule has 23 heavy (non-hydrogen) atoms. The first kappa shape index (κ1) is 16.8. The topological polar surface area (TPSA) is 41.1 Å². The summed E-state index contributed by atoms with van der Waals surface area (Å²) < 4.78 is 0. The summed E-state index contributed by atoms with van der Waals surface area (Å²) >= 11 is 2.09. The summed E-state index contributed by atoms with van der Waals surface area (Å²) in [5.74, 6) is 1.40. The van der Waals surface area contributed by atoms with Crippen LogP contribution in [0.3, 0.4) is 0 Å². The molecule has 1 aromatic rings. The van der Waals surface area contributed by atoms with Crippen LogP contribution < -0.4 is 10.6 Å². The van der Waals surface area contributed by atoms with Crippen molar-refractivity contribution in [1.29, 1.82) is 0 Å². The number of amides is 1. The average molecular weight is 333 g/mol. The minimum atomic E-state index is 0.163.